The zero-order chi connectivity index (χ0) is 15.5. The van der Waals surface area contributed by atoms with Gasteiger partial charge in [0.15, 0.2) is 0 Å². The quantitative estimate of drug-likeness (QED) is 0.879. The first-order valence-electron chi connectivity index (χ1n) is 7.98. The van der Waals surface area contributed by atoms with Crippen molar-refractivity contribution in [1.82, 2.24) is 14.8 Å². The van der Waals surface area contributed by atoms with Gasteiger partial charge in [-0.2, -0.15) is 0 Å². The van der Waals surface area contributed by atoms with Gasteiger partial charge in [0, 0.05) is 42.8 Å². The maximum Gasteiger partial charge on any atom is 0.250 e. The van der Waals surface area contributed by atoms with Crippen LogP contribution in [0.5, 0.6) is 0 Å². The van der Waals surface area contributed by atoms with Crippen LogP contribution >= 0.6 is 15.9 Å². The minimum Gasteiger partial charge on any atom is -0.343 e. The van der Waals surface area contributed by atoms with Gasteiger partial charge in [-0.3, -0.25) is 9.59 Å². The molecule has 0 spiro atoms. The first-order valence-corrected chi connectivity index (χ1v) is 8.77. The van der Waals surface area contributed by atoms with E-state index in [1.54, 1.807) is 16.8 Å². The SMILES string of the molecule is O=C(CCn1cc(Br)ccc1=O)N1CC[C@@H]2CNC[C@@H]2CC1. The molecule has 0 saturated carbocycles. The highest BCUT2D eigenvalue weighted by atomic mass is 79.9. The second kappa shape index (κ2) is 6.96. The monoisotopic (exact) mass is 367 g/mol. The predicted molar refractivity (Wildman–Crippen MR) is 88.7 cm³/mol. The van der Waals surface area contributed by atoms with Crippen molar-refractivity contribution in [2.75, 3.05) is 26.2 Å². The largest absolute Gasteiger partial charge is 0.343 e. The standard InChI is InChI=1S/C16H22BrN3O2/c17-14-1-2-15(21)20(11-14)8-5-16(22)19-6-3-12-9-18-10-13(12)4-7-19/h1-2,11-13,18H,3-10H2/t12-,13+. The van der Waals surface area contributed by atoms with Crippen molar-refractivity contribution in [3.8, 4) is 0 Å². The predicted octanol–water partition coefficient (Wildman–Crippen LogP) is 1.46. The number of nitrogens with one attached hydrogen (secondary N) is 1. The number of halogens is 1. The molecule has 0 bridgehead atoms. The maximum atomic E-state index is 12.4. The van der Waals surface area contributed by atoms with Crippen molar-refractivity contribution in [3.05, 3.63) is 33.2 Å². The lowest BCUT2D eigenvalue weighted by atomic mass is 9.92. The van der Waals surface area contributed by atoms with Crippen LogP contribution in [0.15, 0.2) is 27.6 Å². The summed E-state index contributed by atoms with van der Waals surface area (Å²) in [6, 6.07) is 3.25. The number of rotatable bonds is 3. The smallest absolute Gasteiger partial charge is 0.250 e. The molecule has 2 aliphatic heterocycles. The van der Waals surface area contributed by atoms with Crippen LogP contribution in [0.1, 0.15) is 19.3 Å². The molecule has 3 heterocycles. The van der Waals surface area contributed by atoms with Crippen LogP contribution in [0, 0.1) is 11.8 Å². The van der Waals surface area contributed by atoms with Gasteiger partial charge in [-0.05, 0) is 59.8 Å². The molecule has 1 aromatic heterocycles. The summed E-state index contributed by atoms with van der Waals surface area (Å²) in [6.45, 7) is 4.35. The average Bonchev–Trinajstić information content (AvgIpc) is 2.86. The van der Waals surface area contributed by atoms with Gasteiger partial charge in [0.1, 0.15) is 0 Å². The number of hydrogen-bond acceptors (Lipinski definition) is 3. The van der Waals surface area contributed by atoms with E-state index in [4.69, 9.17) is 0 Å². The van der Waals surface area contributed by atoms with Crippen LogP contribution in [0.4, 0.5) is 0 Å². The lowest BCUT2D eigenvalue weighted by Gasteiger charge is -2.21. The van der Waals surface area contributed by atoms with Crippen LogP contribution in [0.3, 0.4) is 0 Å². The summed E-state index contributed by atoms with van der Waals surface area (Å²) >= 11 is 3.36. The minimum absolute atomic E-state index is 0.0625. The van der Waals surface area contributed by atoms with Crippen molar-refractivity contribution in [1.29, 1.82) is 0 Å². The molecule has 0 unspecified atom stereocenters. The number of hydrogen-bond donors (Lipinski definition) is 1. The fourth-order valence-corrected chi connectivity index (χ4v) is 3.90. The molecule has 1 N–H and O–H groups in total. The molecular formula is C16H22BrN3O2. The number of amides is 1. The normalized spacial score (nSPS) is 24.9. The molecule has 6 heteroatoms. The van der Waals surface area contributed by atoms with Crippen molar-refractivity contribution in [2.45, 2.75) is 25.8 Å². The van der Waals surface area contributed by atoms with Crippen LogP contribution in [0.2, 0.25) is 0 Å². The Balaban J connectivity index is 1.55. The third kappa shape index (κ3) is 3.60. The van der Waals surface area contributed by atoms with E-state index in [2.05, 4.69) is 21.2 Å². The summed E-state index contributed by atoms with van der Waals surface area (Å²) in [5.41, 5.74) is -0.0625. The number of nitrogens with zero attached hydrogens (tertiary/aromatic N) is 2. The van der Waals surface area contributed by atoms with E-state index in [-0.39, 0.29) is 11.5 Å². The first kappa shape index (κ1) is 15.7. The third-order valence-electron chi connectivity index (χ3n) is 4.89. The van der Waals surface area contributed by atoms with Gasteiger partial charge in [0.25, 0.3) is 5.56 Å². The molecule has 2 saturated heterocycles. The Hall–Kier alpha value is -1.14. The third-order valence-corrected chi connectivity index (χ3v) is 5.36. The van der Waals surface area contributed by atoms with Crippen LogP contribution in [0.25, 0.3) is 0 Å². The summed E-state index contributed by atoms with van der Waals surface area (Å²) in [4.78, 5) is 26.2. The first-order chi connectivity index (χ1) is 10.6. The Bertz CT molecular complexity index is 587. The van der Waals surface area contributed by atoms with E-state index in [0.717, 1.165) is 55.3 Å². The fraction of sp³-hybridized carbons (Fsp3) is 0.625. The Labute approximate surface area is 138 Å². The molecule has 0 aromatic carbocycles. The second-order valence-electron chi connectivity index (χ2n) is 6.27. The van der Waals surface area contributed by atoms with Crippen molar-refractivity contribution in [3.63, 3.8) is 0 Å². The van der Waals surface area contributed by atoms with Crippen molar-refractivity contribution in [2.24, 2.45) is 11.8 Å². The van der Waals surface area contributed by atoms with E-state index in [1.807, 2.05) is 4.90 Å². The van der Waals surface area contributed by atoms with Crippen molar-refractivity contribution < 1.29 is 4.79 Å². The molecule has 1 aromatic rings. The molecule has 2 atom stereocenters. The van der Waals surface area contributed by atoms with Crippen molar-refractivity contribution >= 4 is 21.8 Å². The molecule has 0 radical (unpaired) electrons. The Kier molecular flexibility index (Phi) is 4.98. The molecule has 0 aliphatic carbocycles. The Morgan fingerprint density at radius 1 is 1.23 bits per heavy atom. The number of aryl methyl sites for hydroxylation is 1. The topological polar surface area (TPSA) is 54.3 Å². The van der Waals surface area contributed by atoms with Gasteiger partial charge < -0.3 is 14.8 Å². The van der Waals surface area contributed by atoms with Crippen LogP contribution in [-0.4, -0.2) is 41.6 Å². The van der Waals surface area contributed by atoms with Gasteiger partial charge in [-0.25, -0.2) is 0 Å². The number of pyridine rings is 1. The average molecular weight is 368 g/mol. The number of fused-ring (bicyclic) bond motifs is 1. The van der Waals surface area contributed by atoms with Gasteiger partial charge in [-0.15, -0.1) is 0 Å². The molecule has 5 nitrogen and oxygen atoms in total. The number of aromatic nitrogens is 1. The zero-order valence-electron chi connectivity index (χ0n) is 12.6. The summed E-state index contributed by atoms with van der Waals surface area (Å²) in [7, 11) is 0. The fourth-order valence-electron chi connectivity index (χ4n) is 3.52. The highest BCUT2D eigenvalue weighted by Crippen LogP contribution is 2.27. The van der Waals surface area contributed by atoms with Crippen LogP contribution < -0.4 is 10.9 Å². The van der Waals surface area contributed by atoms with Gasteiger partial charge in [-0.1, -0.05) is 0 Å². The molecule has 1 amide bonds. The summed E-state index contributed by atoms with van der Waals surface area (Å²) < 4.78 is 2.45. The molecule has 22 heavy (non-hydrogen) atoms. The summed E-state index contributed by atoms with van der Waals surface area (Å²) in [5.74, 6) is 1.62. The summed E-state index contributed by atoms with van der Waals surface area (Å²) in [6.07, 6.45) is 4.33. The van der Waals surface area contributed by atoms with Gasteiger partial charge in [0.05, 0.1) is 0 Å². The van der Waals surface area contributed by atoms with Gasteiger partial charge in [0.2, 0.25) is 5.91 Å². The Morgan fingerprint density at radius 2 is 1.91 bits per heavy atom. The number of carbonyl (C=O) groups excluding carboxylic acids is 1. The van der Waals surface area contributed by atoms with E-state index in [9.17, 15) is 9.59 Å². The number of likely N-dealkylation sites (tertiary alicyclic amines) is 1. The van der Waals surface area contributed by atoms with E-state index in [1.165, 1.54) is 6.07 Å². The molecular weight excluding hydrogens is 346 g/mol. The van der Waals surface area contributed by atoms with E-state index in [0.29, 0.717) is 13.0 Å². The Morgan fingerprint density at radius 3 is 2.59 bits per heavy atom. The zero-order valence-corrected chi connectivity index (χ0v) is 14.2. The molecule has 3 rings (SSSR count). The van der Waals surface area contributed by atoms with Crippen LogP contribution in [-0.2, 0) is 11.3 Å². The van der Waals surface area contributed by atoms with E-state index >= 15 is 0 Å². The van der Waals surface area contributed by atoms with Gasteiger partial charge >= 0.3 is 0 Å². The minimum atomic E-state index is -0.0625. The molecule has 2 fully saturated rings. The molecule has 120 valence electrons. The lowest BCUT2D eigenvalue weighted by molar-refractivity contribution is -0.131. The lowest BCUT2D eigenvalue weighted by Crippen LogP contribution is -2.34. The highest BCUT2D eigenvalue weighted by molar-refractivity contribution is 9.10. The summed E-state index contributed by atoms with van der Waals surface area (Å²) in [5, 5.41) is 3.45. The number of carbonyl (C=O) groups is 1. The second-order valence-corrected chi connectivity index (χ2v) is 7.18. The van der Waals surface area contributed by atoms with E-state index < -0.39 is 0 Å². The highest BCUT2D eigenvalue weighted by Gasteiger charge is 2.31. The molecule has 2 aliphatic rings. The maximum absolute atomic E-state index is 12.4.